The molecule has 2 rings (SSSR count). The summed E-state index contributed by atoms with van der Waals surface area (Å²) in [6.07, 6.45) is 2.79. The average molecular weight is 256 g/mol. The Bertz CT molecular complexity index is 441. The molecule has 1 fully saturated rings. The Balaban J connectivity index is 2.30. The highest BCUT2D eigenvalue weighted by Gasteiger charge is 2.36. The van der Waals surface area contributed by atoms with E-state index in [4.69, 9.17) is 11.6 Å². The molecule has 0 bridgehead atoms. The van der Waals surface area contributed by atoms with Crippen molar-refractivity contribution in [3.63, 3.8) is 0 Å². The number of hydrogen-bond donors (Lipinski definition) is 0. The van der Waals surface area contributed by atoms with Crippen molar-refractivity contribution < 1.29 is 0 Å². The topological polar surface area (TPSA) is 41.6 Å². The van der Waals surface area contributed by atoms with Crippen LogP contribution in [0.5, 0.6) is 0 Å². The van der Waals surface area contributed by atoms with Crippen molar-refractivity contribution in [3.8, 4) is 6.07 Å². The van der Waals surface area contributed by atoms with E-state index < -0.39 is 0 Å². The summed E-state index contributed by atoms with van der Waals surface area (Å²) < 4.78 is 1.40. The lowest BCUT2D eigenvalue weighted by Gasteiger charge is -2.18. The zero-order chi connectivity index (χ0) is 11.8. The summed E-state index contributed by atoms with van der Waals surface area (Å²) in [4.78, 5) is 0. The molecule has 0 amide bonds. The quantitative estimate of drug-likeness (QED) is 0.816. The van der Waals surface area contributed by atoms with Crippen molar-refractivity contribution in [3.05, 3.63) is 16.4 Å². The van der Waals surface area contributed by atoms with Crippen molar-refractivity contribution in [2.75, 3.05) is 5.75 Å². The van der Waals surface area contributed by atoms with Gasteiger partial charge in [0, 0.05) is 19.0 Å². The second kappa shape index (κ2) is 4.31. The molecule has 1 aliphatic rings. The molecule has 0 radical (unpaired) electrons. The van der Waals surface area contributed by atoms with Crippen molar-refractivity contribution in [1.82, 2.24) is 9.78 Å². The minimum atomic E-state index is -0.280. The summed E-state index contributed by atoms with van der Waals surface area (Å²) in [5.74, 6) is 1.07. The highest BCUT2D eigenvalue weighted by atomic mass is 35.5. The number of rotatable bonds is 2. The number of aromatic nitrogens is 2. The van der Waals surface area contributed by atoms with Crippen molar-refractivity contribution >= 4 is 23.4 Å². The highest BCUT2D eigenvalue weighted by molar-refractivity contribution is 8.01. The van der Waals surface area contributed by atoms with Gasteiger partial charge >= 0.3 is 0 Å². The molecule has 3 nitrogen and oxygen atoms in total. The summed E-state index contributed by atoms with van der Waals surface area (Å²) in [6.45, 7) is 1.95. The molecule has 1 aliphatic heterocycles. The number of thioether (sulfide) groups is 1. The largest absolute Gasteiger partial charge is 0.257 e. The summed E-state index contributed by atoms with van der Waals surface area (Å²) in [5.41, 5.74) is 1.97. The van der Waals surface area contributed by atoms with Gasteiger partial charge in [-0.25, -0.2) is 0 Å². The molecule has 0 saturated carbocycles. The van der Waals surface area contributed by atoms with Gasteiger partial charge in [0.2, 0.25) is 0 Å². The molecule has 1 saturated heterocycles. The van der Waals surface area contributed by atoms with Gasteiger partial charge in [-0.15, -0.1) is 11.8 Å². The average Bonchev–Trinajstić information content (AvgIpc) is 2.81. The molecule has 1 aromatic heterocycles. The monoisotopic (exact) mass is 255 g/mol. The van der Waals surface area contributed by atoms with Crippen LogP contribution in [0.1, 0.15) is 24.1 Å². The van der Waals surface area contributed by atoms with Crippen molar-refractivity contribution in [2.45, 2.75) is 30.9 Å². The lowest BCUT2D eigenvalue weighted by atomic mass is 9.96. The first-order chi connectivity index (χ1) is 7.58. The maximum absolute atomic E-state index is 9.33. The minimum absolute atomic E-state index is 0.280. The lowest BCUT2D eigenvalue weighted by Crippen LogP contribution is -2.22. The molecular weight excluding hydrogens is 242 g/mol. The molecule has 2 heterocycles. The molecule has 86 valence electrons. The van der Waals surface area contributed by atoms with E-state index in [1.54, 1.807) is 16.4 Å². The van der Waals surface area contributed by atoms with Crippen molar-refractivity contribution in [1.29, 1.82) is 5.26 Å². The summed E-state index contributed by atoms with van der Waals surface area (Å²) >= 11 is 7.95. The Kier molecular flexibility index (Phi) is 3.18. The van der Waals surface area contributed by atoms with Crippen LogP contribution in [0.3, 0.4) is 0 Å². The maximum atomic E-state index is 9.33. The van der Waals surface area contributed by atoms with Gasteiger partial charge < -0.3 is 0 Å². The predicted octanol–water partition coefficient (Wildman–Crippen LogP) is 2.71. The van der Waals surface area contributed by atoms with E-state index in [1.165, 1.54) is 0 Å². The zero-order valence-electron chi connectivity index (χ0n) is 9.46. The van der Waals surface area contributed by atoms with Crippen molar-refractivity contribution in [2.24, 2.45) is 7.05 Å². The van der Waals surface area contributed by atoms with Crippen LogP contribution < -0.4 is 0 Å². The molecule has 5 heteroatoms. The maximum Gasteiger partial charge on any atom is 0.130 e. The predicted molar refractivity (Wildman–Crippen MR) is 66.7 cm³/mol. The molecule has 16 heavy (non-hydrogen) atoms. The zero-order valence-corrected chi connectivity index (χ0v) is 11.0. The van der Waals surface area contributed by atoms with Crippen LogP contribution >= 0.6 is 23.4 Å². The van der Waals surface area contributed by atoms with E-state index in [-0.39, 0.29) is 4.75 Å². The smallest absolute Gasteiger partial charge is 0.130 e. The third-order valence-corrected chi connectivity index (χ3v) is 5.00. The van der Waals surface area contributed by atoms with E-state index in [9.17, 15) is 5.26 Å². The lowest BCUT2D eigenvalue weighted by molar-refractivity contribution is 0.670. The molecule has 0 aliphatic carbocycles. The number of aryl methyl sites for hydroxylation is 2. The van der Waals surface area contributed by atoms with Gasteiger partial charge in [-0.2, -0.15) is 10.4 Å². The Hall–Kier alpha value is -0.660. The number of halogens is 1. The SMILES string of the molecule is Cc1nn(C)c(Cl)c1CC1(C#N)CCCS1. The van der Waals surface area contributed by atoms with Gasteiger partial charge in [0.15, 0.2) is 0 Å². The molecular formula is C11H14ClN3S. The first-order valence-corrected chi connectivity index (χ1v) is 6.67. The first kappa shape index (κ1) is 11.8. The van der Waals surface area contributed by atoms with E-state index in [2.05, 4.69) is 11.2 Å². The van der Waals surface area contributed by atoms with Gasteiger partial charge in [-0.05, 0) is 25.5 Å². The van der Waals surface area contributed by atoms with Crippen LogP contribution in [-0.2, 0) is 13.5 Å². The summed E-state index contributed by atoms with van der Waals surface area (Å²) in [5, 5.41) is 14.3. The van der Waals surface area contributed by atoms with Crippen LogP contribution in [0.2, 0.25) is 5.15 Å². The van der Waals surface area contributed by atoms with Gasteiger partial charge in [-0.3, -0.25) is 4.68 Å². The first-order valence-electron chi connectivity index (χ1n) is 5.31. The standard InChI is InChI=1S/C11H14ClN3S/c1-8-9(10(12)15(2)14-8)6-11(7-13)4-3-5-16-11/h3-6H2,1-2H3. The molecule has 0 N–H and O–H groups in total. The van der Waals surface area contributed by atoms with Gasteiger partial charge in [0.1, 0.15) is 9.90 Å². The van der Waals surface area contributed by atoms with Gasteiger partial charge in [0.25, 0.3) is 0 Å². The molecule has 1 atom stereocenters. The second-order valence-corrected chi connectivity index (χ2v) is 6.05. The van der Waals surface area contributed by atoms with Crippen LogP contribution in [-0.4, -0.2) is 20.3 Å². The number of hydrogen-bond acceptors (Lipinski definition) is 3. The molecule has 1 aromatic rings. The van der Waals surface area contributed by atoms with Gasteiger partial charge in [0.05, 0.1) is 11.8 Å². The third kappa shape index (κ3) is 1.94. The van der Waals surface area contributed by atoms with E-state index in [1.807, 2.05) is 14.0 Å². The number of nitrogens with zero attached hydrogens (tertiary/aromatic N) is 3. The molecule has 0 spiro atoms. The third-order valence-electron chi connectivity index (χ3n) is 3.04. The Morgan fingerprint density at radius 2 is 2.44 bits per heavy atom. The molecule has 1 unspecified atom stereocenters. The van der Waals surface area contributed by atoms with Crippen LogP contribution in [0.25, 0.3) is 0 Å². The van der Waals surface area contributed by atoms with E-state index in [0.29, 0.717) is 11.6 Å². The minimum Gasteiger partial charge on any atom is -0.257 e. The Morgan fingerprint density at radius 1 is 1.69 bits per heavy atom. The van der Waals surface area contributed by atoms with Crippen LogP contribution in [0.4, 0.5) is 0 Å². The van der Waals surface area contributed by atoms with E-state index >= 15 is 0 Å². The van der Waals surface area contributed by atoms with Gasteiger partial charge in [-0.1, -0.05) is 11.6 Å². The second-order valence-electron chi connectivity index (χ2n) is 4.21. The normalized spacial score (nSPS) is 24.6. The molecule has 0 aromatic carbocycles. The highest BCUT2D eigenvalue weighted by Crippen LogP contribution is 2.41. The Morgan fingerprint density at radius 3 is 2.88 bits per heavy atom. The summed E-state index contributed by atoms with van der Waals surface area (Å²) in [6, 6.07) is 2.46. The van der Waals surface area contributed by atoms with Crippen LogP contribution in [0.15, 0.2) is 0 Å². The fourth-order valence-electron chi connectivity index (χ4n) is 2.12. The fraction of sp³-hybridized carbons (Fsp3) is 0.636. The Labute approximate surface area is 105 Å². The van der Waals surface area contributed by atoms with Crippen LogP contribution in [0, 0.1) is 18.3 Å². The van der Waals surface area contributed by atoms with E-state index in [0.717, 1.165) is 29.9 Å². The fourth-order valence-corrected chi connectivity index (χ4v) is 3.65. The number of nitriles is 1. The summed E-state index contributed by atoms with van der Waals surface area (Å²) in [7, 11) is 1.83.